The van der Waals surface area contributed by atoms with Crippen LogP contribution >= 0.6 is 11.6 Å². The quantitative estimate of drug-likeness (QED) is 0.448. The molecule has 4 aromatic rings. The van der Waals surface area contributed by atoms with E-state index in [-0.39, 0.29) is 22.3 Å². The van der Waals surface area contributed by atoms with Crippen molar-refractivity contribution in [2.75, 3.05) is 0 Å². The average Bonchev–Trinajstić information content (AvgIpc) is 3.25. The summed E-state index contributed by atoms with van der Waals surface area (Å²) in [5.41, 5.74) is 0.871. The summed E-state index contributed by atoms with van der Waals surface area (Å²) in [6, 6.07) is 6.35. The van der Waals surface area contributed by atoms with Gasteiger partial charge in [-0.3, -0.25) is 19.0 Å². The summed E-state index contributed by atoms with van der Waals surface area (Å²) >= 11 is 6.38. The summed E-state index contributed by atoms with van der Waals surface area (Å²) in [5, 5.41) is 14.0. The number of aryl methyl sites for hydroxylation is 3. The molecule has 10 heteroatoms. The van der Waals surface area contributed by atoms with Gasteiger partial charge >= 0.3 is 0 Å². The summed E-state index contributed by atoms with van der Waals surface area (Å²) < 4.78 is 24.9. The molecular weight excluding hydrogens is 456 g/mol. The maximum atomic E-state index is 13.4. The van der Waals surface area contributed by atoms with Crippen LogP contribution in [0.15, 0.2) is 47.7 Å². The van der Waals surface area contributed by atoms with Crippen molar-refractivity contribution in [2.24, 2.45) is 7.05 Å². The van der Waals surface area contributed by atoms with Crippen LogP contribution in [0.3, 0.4) is 0 Å². The fourth-order valence-electron chi connectivity index (χ4n) is 3.32. The van der Waals surface area contributed by atoms with Gasteiger partial charge in [0, 0.05) is 37.4 Å². The molecule has 0 aliphatic rings. The molecule has 0 fully saturated rings. The Balaban J connectivity index is 1.78. The van der Waals surface area contributed by atoms with E-state index in [0.29, 0.717) is 28.3 Å². The number of aliphatic hydroxyl groups is 1. The average molecular weight is 483 g/mol. The molecule has 0 bridgehead atoms. The van der Waals surface area contributed by atoms with E-state index in [1.54, 1.807) is 59.3 Å². The molecule has 9 nitrogen and oxygen atoms in total. The predicted molar refractivity (Wildman–Crippen MR) is 128 cm³/mol. The van der Waals surface area contributed by atoms with Crippen LogP contribution in [0, 0.1) is 13.8 Å². The number of nitrogens with zero attached hydrogens (tertiary/aromatic N) is 6. The number of ether oxygens (including phenoxy) is 1. The van der Waals surface area contributed by atoms with E-state index in [1.165, 1.54) is 27.6 Å². The van der Waals surface area contributed by atoms with Gasteiger partial charge in [-0.1, -0.05) is 11.6 Å². The Labute approximate surface area is 204 Å². The van der Waals surface area contributed by atoms with E-state index in [0.717, 1.165) is 0 Å². The summed E-state index contributed by atoms with van der Waals surface area (Å²) in [6.07, 6.45) is 4.74. The minimum Gasteiger partial charge on any atom is -0.485 e. The monoisotopic (exact) mass is 482 g/mol. The third-order valence-corrected chi connectivity index (χ3v) is 5.41. The Kier molecular flexibility index (Phi) is 5.56. The van der Waals surface area contributed by atoms with E-state index in [2.05, 4.69) is 20.1 Å². The number of hydrogen-bond donors (Lipinski definition) is 1. The minimum absolute atomic E-state index is 0.0489. The third kappa shape index (κ3) is 4.71. The Morgan fingerprint density at radius 1 is 1.21 bits per heavy atom. The Morgan fingerprint density at radius 2 is 1.97 bits per heavy atom. The third-order valence-electron chi connectivity index (χ3n) is 5.06. The molecule has 0 aliphatic heterocycles. The van der Waals surface area contributed by atoms with Crippen LogP contribution in [0.1, 0.15) is 39.4 Å². The molecule has 0 amide bonds. The minimum atomic E-state index is -2.30. The second kappa shape index (κ2) is 9.00. The molecule has 176 valence electrons. The number of pyridine rings is 2. The molecule has 0 radical (unpaired) electrons. The molecule has 0 unspecified atom stereocenters. The summed E-state index contributed by atoms with van der Waals surface area (Å²) in [5.74, 6) is 0.146. The second-order valence-corrected chi connectivity index (χ2v) is 8.74. The smallest absolute Gasteiger partial charge is 0.277 e. The highest BCUT2D eigenvalue weighted by atomic mass is 35.5. The van der Waals surface area contributed by atoms with Crippen molar-refractivity contribution in [3.63, 3.8) is 0 Å². The van der Waals surface area contributed by atoms with E-state index < -0.39 is 17.7 Å². The maximum Gasteiger partial charge on any atom is 0.277 e. The SMILES string of the molecule is [2H]C([2H])(Oc1cc(C)n(-c2cc(-c3ccnc(C(C)(C)O)n3)ncc2C)c(=O)c1Cl)c1ccn(C)n1. The molecular formula is C24H25ClN6O3. The van der Waals surface area contributed by atoms with Crippen LogP contribution in [-0.2, 0) is 19.2 Å². The Morgan fingerprint density at radius 3 is 2.65 bits per heavy atom. The highest BCUT2D eigenvalue weighted by Gasteiger charge is 2.21. The molecule has 4 rings (SSSR count). The highest BCUT2D eigenvalue weighted by Crippen LogP contribution is 2.27. The van der Waals surface area contributed by atoms with Gasteiger partial charge in [-0.15, -0.1) is 0 Å². The van der Waals surface area contributed by atoms with Crippen molar-refractivity contribution in [1.82, 2.24) is 29.3 Å². The van der Waals surface area contributed by atoms with Gasteiger partial charge in [0.1, 0.15) is 22.9 Å². The fraction of sp³-hybridized carbons (Fsp3) is 0.292. The van der Waals surface area contributed by atoms with Crippen molar-refractivity contribution >= 4 is 11.6 Å². The van der Waals surface area contributed by atoms with Crippen molar-refractivity contribution in [1.29, 1.82) is 0 Å². The molecule has 4 aromatic heterocycles. The normalized spacial score (nSPS) is 12.9. The zero-order chi connectivity index (χ0) is 26.4. The zero-order valence-electron chi connectivity index (χ0n) is 21.4. The van der Waals surface area contributed by atoms with Crippen molar-refractivity contribution in [3.8, 4) is 22.8 Å². The summed E-state index contributed by atoms with van der Waals surface area (Å²) in [6.45, 7) is 4.37. The summed E-state index contributed by atoms with van der Waals surface area (Å²) in [7, 11) is 1.66. The molecule has 0 saturated carbocycles. The fourth-order valence-corrected chi connectivity index (χ4v) is 3.50. The summed E-state index contributed by atoms with van der Waals surface area (Å²) in [4.78, 5) is 26.3. The number of hydrogen-bond acceptors (Lipinski definition) is 7. The molecule has 34 heavy (non-hydrogen) atoms. The lowest BCUT2D eigenvalue weighted by molar-refractivity contribution is 0.0688. The van der Waals surface area contributed by atoms with Crippen LogP contribution in [0.25, 0.3) is 17.1 Å². The first kappa shape index (κ1) is 21.0. The first-order valence-electron chi connectivity index (χ1n) is 11.4. The van der Waals surface area contributed by atoms with Gasteiger partial charge in [0.05, 0.1) is 25.5 Å². The van der Waals surface area contributed by atoms with Crippen LogP contribution in [0.4, 0.5) is 0 Å². The predicted octanol–water partition coefficient (Wildman–Crippen LogP) is 3.50. The van der Waals surface area contributed by atoms with Crippen LogP contribution in [-0.4, -0.2) is 34.4 Å². The molecule has 0 aliphatic carbocycles. The topological polar surface area (TPSA) is 108 Å². The molecule has 0 saturated heterocycles. The van der Waals surface area contributed by atoms with Gasteiger partial charge in [-0.05, 0) is 51.5 Å². The lowest BCUT2D eigenvalue weighted by Gasteiger charge is -2.17. The van der Waals surface area contributed by atoms with Gasteiger partial charge in [0.2, 0.25) is 0 Å². The molecule has 1 N–H and O–H groups in total. The van der Waals surface area contributed by atoms with Gasteiger partial charge < -0.3 is 9.84 Å². The Bertz CT molecular complexity index is 1510. The van der Waals surface area contributed by atoms with Crippen molar-refractivity contribution in [3.05, 3.63) is 81.0 Å². The zero-order valence-corrected chi connectivity index (χ0v) is 20.1. The molecule has 0 spiro atoms. The second-order valence-electron chi connectivity index (χ2n) is 8.36. The Hall–Kier alpha value is -3.56. The standard InChI is InChI=1S/C24H25ClN6O3/c1-14-12-27-18(17-6-8-26-23(28-17)24(3,4)33)11-19(14)31-15(2)10-20(21(25)22(31)32)34-13-16-7-9-30(5)29-16/h6-12,33H,13H2,1-5H3/i13D2. The highest BCUT2D eigenvalue weighted by molar-refractivity contribution is 6.31. The largest absolute Gasteiger partial charge is 0.485 e. The first-order chi connectivity index (χ1) is 16.8. The van der Waals surface area contributed by atoms with Gasteiger partial charge in [0.15, 0.2) is 5.82 Å². The van der Waals surface area contributed by atoms with Crippen molar-refractivity contribution < 1.29 is 12.6 Å². The number of rotatable bonds is 6. The van der Waals surface area contributed by atoms with Gasteiger partial charge in [-0.25, -0.2) is 9.97 Å². The van der Waals surface area contributed by atoms with Gasteiger partial charge in [0.25, 0.3) is 5.56 Å². The molecule has 0 atom stereocenters. The van der Waals surface area contributed by atoms with Crippen LogP contribution in [0.2, 0.25) is 5.02 Å². The van der Waals surface area contributed by atoms with Gasteiger partial charge in [-0.2, -0.15) is 5.10 Å². The molecule has 0 aromatic carbocycles. The van der Waals surface area contributed by atoms with E-state index >= 15 is 0 Å². The number of aromatic nitrogens is 6. The van der Waals surface area contributed by atoms with E-state index in [1.807, 2.05) is 0 Å². The lowest BCUT2D eigenvalue weighted by Crippen LogP contribution is -2.23. The maximum absolute atomic E-state index is 13.4. The van der Waals surface area contributed by atoms with Crippen molar-refractivity contribution in [2.45, 2.75) is 39.9 Å². The molecule has 4 heterocycles. The first-order valence-corrected chi connectivity index (χ1v) is 10.8. The van der Waals surface area contributed by atoms with E-state index in [9.17, 15) is 9.90 Å². The number of halogens is 1. The van der Waals surface area contributed by atoms with E-state index in [4.69, 9.17) is 19.1 Å². The van der Waals surface area contributed by atoms with Crippen LogP contribution < -0.4 is 10.3 Å². The lowest BCUT2D eigenvalue weighted by atomic mass is 10.1. The van der Waals surface area contributed by atoms with Crippen LogP contribution in [0.5, 0.6) is 5.75 Å².